The Bertz CT molecular complexity index is 234. The summed E-state index contributed by atoms with van der Waals surface area (Å²) in [6.07, 6.45) is 3.56. The van der Waals surface area contributed by atoms with E-state index in [0.29, 0.717) is 6.04 Å². The Balaban J connectivity index is 2.29. The summed E-state index contributed by atoms with van der Waals surface area (Å²) < 4.78 is 0. The molecule has 0 aromatic carbocycles. The number of piperidine rings is 1. The molecule has 16 heavy (non-hydrogen) atoms. The summed E-state index contributed by atoms with van der Waals surface area (Å²) in [6, 6.07) is 3.04. The first-order valence-corrected chi connectivity index (χ1v) is 6.54. The van der Waals surface area contributed by atoms with Crippen LogP contribution in [-0.2, 0) is 0 Å². The van der Waals surface area contributed by atoms with Crippen LogP contribution < -0.4 is 5.32 Å². The van der Waals surface area contributed by atoms with Gasteiger partial charge in [-0.05, 0) is 45.2 Å². The predicted octanol–water partition coefficient (Wildman–Crippen LogP) is 2.00. The molecule has 3 heteroatoms. The zero-order chi connectivity index (χ0) is 12.0. The second kappa shape index (κ2) is 6.88. The maximum Gasteiger partial charge on any atom is 0.0965 e. The molecule has 1 rings (SSSR count). The molecule has 1 aliphatic heterocycles. The fourth-order valence-corrected chi connectivity index (χ4v) is 2.54. The summed E-state index contributed by atoms with van der Waals surface area (Å²) >= 11 is 0. The molecule has 0 saturated carbocycles. The molecule has 0 bridgehead atoms. The van der Waals surface area contributed by atoms with Gasteiger partial charge in [-0.3, -0.25) is 0 Å². The summed E-state index contributed by atoms with van der Waals surface area (Å²) in [5, 5.41) is 12.2. The smallest absolute Gasteiger partial charge is 0.0965 e. The van der Waals surface area contributed by atoms with Crippen LogP contribution in [0.3, 0.4) is 0 Å². The van der Waals surface area contributed by atoms with E-state index in [1.165, 1.54) is 19.4 Å². The van der Waals surface area contributed by atoms with Crippen LogP contribution in [0.2, 0.25) is 0 Å². The van der Waals surface area contributed by atoms with Gasteiger partial charge in [0.05, 0.1) is 12.1 Å². The normalized spacial score (nSPS) is 28.6. The van der Waals surface area contributed by atoms with Gasteiger partial charge in [0.25, 0.3) is 0 Å². The monoisotopic (exact) mass is 223 g/mol. The van der Waals surface area contributed by atoms with Crippen molar-refractivity contribution in [1.29, 1.82) is 5.26 Å². The van der Waals surface area contributed by atoms with Gasteiger partial charge < -0.3 is 10.2 Å². The van der Waals surface area contributed by atoms with E-state index in [9.17, 15) is 0 Å². The minimum Gasteiger partial charge on any atom is -0.302 e. The molecule has 3 unspecified atom stereocenters. The van der Waals surface area contributed by atoms with Crippen molar-refractivity contribution in [3.63, 3.8) is 0 Å². The number of hydrogen-bond donors (Lipinski definition) is 1. The maximum atomic E-state index is 8.96. The quantitative estimate of drug-likeness (QED) is 0.775. The molecule has 0 aliphatic carbocycles. The lowest BCUT2D eigenvalue weighted by atomic mass is 9.93. The maximum absolute atomic E-state index is 8.96. The van der Waals surface area contributed by atoms with Crippen molar-refractivity contribution in [3.8, 4) is 6.07 Å². The fraction of sp³-hybridized carbons (Fsp3) is 0.923. The van der Waals surface area contributed by atoms with Crippen LogP contribution in [0, 0.1) is 17.2 Å². The lowest BCUT2D eigenvalue weighted by Crippen LogP contribution is -2.42. The molecule has 0 aromatic rings. The highest BCUT2D eigenvalue weighted by Gasteiger charge is 2.22. The predicted molar refractivity (Wildman–Crippen MR) is 67.1 cm³/mol. The van der Waals surface area contributed by atoms with E-state index in [2.05, 4.69) is 37.1 Å². The van der Waals surface area contributed by atoms with Crippen LogP contribution in [0.15, 0.2) is 0 Å². The largest absolute Gasteiger partial charge is 0.302 e. The van der Waals surface area contributed by atoms with Crippen LogP contribution in [0.5, 0.6) is 0 Å². The van der Waals surface area contributed by atoms with Gasteiger partial charge in [-0.2, -0.15) is 5.26 Å². The highest BCUT2D eigenvalue weighted by atomic mass is 15.2. The summed E-state index contributed by atoms with van der Waals surface area (Å²) in [4.78, 5) is 2.53. The third-order valence-corrected chi connectivity index (χ3v) is 3.59. The summed E-state index contributed by atoms with van der Waals surface area (Å²) in [6.45, 7) is 9.83. The van der Waals surface area contributed by atoms with Gasteiger partial charge in [-0.15, -0.1) is 0 Å². The first kappa shape index (κ1) is 13.5. The van der Waals surface area contributed by atoms with Crippen LogP contribution in [-0.4, -0.2) is 36.6 Å². The van der Waals surface area contributed by atoms with E-state index in [4.69, 9.17) is 5.26 Å². The molecule has 0 aromatic heterocycles. The molecule has 1 aliphatic rings. The van der Waals surface area contributed by atoms with Crippen molar-refractivity contribution in [2.24, 2.45) is 5.92 Å². The Morgan fingerprint density at radius 3 is 2.81 bits per heavy atom. The van der Waals surface area contributed by atoms with E-state index in [1.807, 2.05) is 0 Å². The van der Waals surface area contributed by atoms with Crippen molar-refractivity contribution in [3.05, 3.63) is 0 Å². The summed E-state index contributed by atoms with van der Waals surface area (Å²) in [5.74, 6) is 0.867. The van der Waals surface area contributed by atoms with Gasteiger partial charge in [0, 0.05) is 12.6 Å². The Morgan fingerprint density at radius 1 is 1.50 bits per heavy atom. The average Bonchev–Trinajstić information content (AvgIpc) is 2.26. The number of nitrogens with zero attached hydrogens (tertiary/aromatic N) is 2. The van der Waals surface area contributed by atoms with Gasteiger partial charge in [0.1, 0.15) is 0 Å². The first-order chi connectivity index (χ1) is 7.67. The van der Waals surface area contributed by atoms with Crippen LogP contribution in [0.1, 0.15) is 40.0 Å². The summed E-state index contributed by atoms with van der Waals surface area (Å²) in [5.41, 5.74) is 0. The Labute approximate surface area is 99.8 Å². The zero-order valence-corrected chi connectivity index (χ0v) is 10.9. The van der Waals surface area contributed by atoms with Crippen LogP contribution in [0.25, 0.3) is 0 Å². The van der Waals surface area contributed by atoms with Crippen LogP contribution >= 0.6 is 0 Å². The third-order valence-electron chi connectivity index (χ3n) is 3.59. The topological polar surface area (TPSA) is 39.1 Å². The number of rotatable bonds is 5. The van der Waals surface area contributed by atoms with E-state index in [-0.39, 0.29) is 6.04 Å². The third kappa shape index (κ3) is 4.11. The Kier molecular flexibility index (Phi) is 5.79. The molecule has 3 nitrogen and oxygen atoms in total. The second-order valence-corrected chi connectivity index (χ2v) is 5.04. The zero-order valence-electron chi connectivity index (χ0n) is 10.9. The molecule has 0 radical (unpaired) electrons. The van der Waals surface area contributed by atoms with Crippen molar-refractivity contribution in [2.75, 3.05) is 19.6 Å². The SMILES string of the molecule is CCNC(C#N)CCN1CCC(C)CC1C. The molecule has 1 fully saturated rings. The fourth-order valence-electron chi connectivity index (χ4n) is 2.54. The van der Waals surface area contributed by atoms with Crippen molar-refractivity contribution in [2.45, 2.75) is 52.1 Å². The minimum atomic E-state index is 0.0246. The van der Waals surface area contributed by atoms with Crippen molar-refractivity contribution >= 4 is 0 Å². The Morgan fingerprint density at radius 2 is 2.25 bits per heavy atom. The number of nitriles is 1. The van der Waals surface area contributed by atoms with Gasteiger partial charge in [-0.1, -0.05) is 13.8 Å². The van der Waals surface area contributed by atoms with E-state index < -0.39 is 0 Å². The highest BCUT2D eigenvalue weighted by Crippen LogP contribution is 2.22. The molecule has 0 spiro atoms. The molecule has 1 saturated heterocycles. The van der Waals surface area contributed by atoms with Gasteiger partial charge in [-0.25, -0.2) is 0 Å². The first-order valence-electron chi connectivity index (χ1n) is 6.54. The van der Waals surface area contributed by atoms with Gasteiger partial charge in [0.15, 0.2) is 0 Å². The molecular weight excluding hydrogens is 198 g/mol. The summed E-state index contributed by atoms with van der Waals surface area (Å²) in [7, 11) is 0. The van der Waals surface area contributed by atoms with Gasteiger partial charge in [0.2, 0.25) is 0 Å². The minimum absolute atomic E-state index is 0.0246. The van der Waals surface area contributed by atoms with E-state index >= 15 is 0 Å². The molecule has 1 heterocycles. The molecule has 1 N–H and O–H groups in total. The number of hydrogen-bond acceptors (Lipinski definition) is 3. The van der Waals surface area contributed by atoms with E-state index in [1.54, 1.807) is 0 Å². The molecular formula is C13H25N3. The highest BCUT2D eigenvalue weighted by molar-refractivity contribution is 4.90. The standard InChI is InChI=1S/C13H25N3/c1-4-15-13(10-14)6-8-16-7-5-11(2)9-12(16)3/h11-13,15H,4-9H2,1-3H3. The second-order valence-electron chi connectivity index (χ2n) is 5.04. The van der Waals surface area contributed by atoms with Gasteiger partial charge >= 0.3 is 0 Å². The van der Waals surface area contributed by atoms with Crippen LogP contribution in [0.4, 0.5) is 0 Å². The lowest BCUT2D eigenvalue weighted by Gasteiger charge is -2.36. The molecule has 92 valence electrons. The molecule has 3 atom stereocenters. The van der Waals surface area contributed by atoms with E-state index in [0.717, 1.165) is 25.4 Å². The number of nitrogens with one attached hydrogen (secondary N) is 1. The Hall–Kier alpha value is -0.590. The van der Waals surface area contributed by atoms with Crippen molar-refractivity contribution < 1.29 is 0 Å². The van der Waals surface area contributed by atoms with Crippen molar-refractivity contribution in [1.82, 2.24) is 10.2 Å². The number of likely N-dealkylation sites (tertiary alicyclic amines) is 1. The lowest BCUT2D eigenvalue weighted by molar-refractivity contribution is 0.126. The molecule has 0 amide bonds. The average molecular weight is 223 g/mol.